The fourth-order valence-corrected chi connectivity index (χ4v) is 3.16. The first kappa shape index (κ1) is 24.0. The second-order valence-electron chi connectivity index (χ2n) is 7.94. The van der Waals surface area contributed by atoms with Gasteiger partial charge in [0.25, 0.3) is 0 Å². The molecule has 0 heterocycles. The predicted octanol–water partition coefficient (Wildman–Crippen LogP) is 3.07. The van der Waals surface area contributed by atoms with E-state index in [2.05, 4.69) is 31.4 Å². The third-order valence-electron chi connectivity index (χ3n) is 4.23. The van der Waals surface area contributed by atoms with E-state index in [0.29, 0.717) is 25.3 Å². The summed E-state index contributed by atoms with van der Waals surface area (Å²) in [6.07, 6.45) is 1.25. The maximum atomic E-state index is 12.9. The molecule has 1 atom stereocenters. The first-order valence-electron chi connectivity index (χ1n) is 9.56. The van der Waals surface area contributed by atoms with Crippen LogP contribution < -0.4 is 10.6 Å². The van der Waals surface area contributed by atoms with Crippen molar-refractivity contribution in [1.82, 2.24) is 15.5 Å². The van der Waals surface area contributed by atoms with Crippen molar-refractivity contribution in [3.63, 3.8) is 0 Å². The molecule has 0 aliphatic rings. The molecule has 0 aliphatic carbocycles. The smallest absolute Gasteiger partial charge is 0.318 e. The van der Waals surface area contributed by atoms with Gasteiger partial charge in [-0.05, 0) is 17.4 Å². The van der Waals surface area contributed by atoms with Gasteiger partial charge < -0.3 is 15.5 Å². The van der Waals surface area contributed by atoms with Crippen molar-refractivity contribution in [2.45, 2.75) is 46.6 Å². The van der Waals surface area contributed by atoms with E-state index >= 15 is 0 Å². The number of rotatable bonds is 9. The van der Waals surface area contributed by atoms with Crippen LogP contribution in [0.4, 0.5) is 4.79 Å². The Morgan fingerprint density at radius 2 is 1.75 bits per heavy atom. The predicted molar refractivity (Wildman–Crippen MR) is 115 cm³/mol. The number of nitrogens with one attached hydrogen (secondary N) is 2. The van der Waals surface area contributed by atoms with Gasteiger partial charge in [-0.25, -0.2) is 4.79 Å². The minimum Gasteiger partial charge on any atom is -0.357 e. The molecule has 2 N–H and O–H groups in total. The zero-order valence-corrected chi connectivity index (χ0v) is 18.4. The quantitative estimate of drug-likeness (QED) is 0.659. The Labute approximate surface area is 172 Å². The minimum absolute atomic E-state index is 0.0310. The molecule has 156 valence electrons. The number of hydrogen-bond acceptors (Lipinski definition) is 4. The summed E-state index contributed by atoms with van der Waals surface area (Å²) in [6.45, 7) is 8.91. The number of thioether (sulfide) groups is 1. The third kappa shape index (κ3) is 9.78. The van der Waals surface area contributed by atoms with Gasteiger partial charge in [-0.15, -0.1) is 0 Å². The molecule has 3 amide bonds. The van der Waals surface area contributed by atoms with E-state index in [1.807, 2.05) is 30.3 Å². The minimum atomic E-state index is -0.655. The zero-order chi connectivity index (χ0) is 21.2. The number of nitrogens with zero attached hydrogens (tertiary/aromatic N) is 1. The maximum Gasteiger partial charge on any atom is 0.318 e. The van der Waals surface area contributed by atoms with Gasteiger partial charge in [0.15, 0.2) is 5.12 Å². The number of hydrogen-bond donors (Lipinski definition) is 2. The summed E-state index contributed by atoms with van der Waals surface area (Å²) in [7, 11) is 1.56. The Morgan fingerprint density at radius 3 is 2.29 bits per heavy atom. The largest absolute Gasteiger partial charge is 0.357 e. The van der Waals surface area contributed by atoms with Crippen molar-refractivity contribution in [3.8, 4) is 0 Å². The summed E-state index contributed by atoms with van der Waals surface area (Å²) in [5.74, 6) is 0.307. The zero-order valence-electron chi connectivity index (χ0n) is 17.6. The third-order valence-corrected chi connectivity index (χ3v) is 5.02. The molecule has 0 saturated carbocycles. The molecule has 0 aliphatic heterocycles. The van der Waals surface area contributed by atoms with E-state index in [4.69, 9.17) is 0 Å². The fraction of sp³-hybridized carbons (Fsp3) is 0.571. The van der Waals surface area contributed by atoms with Crippen molar-refractivity contribution >= 4 is 28.8 Å². The number of benzene rings is 1. The van der Waals surface area contributed by atoms with Crippen LogP contribution in [0.3, 0.4) is 0 Å². The van der Waals surface area contributed by atoms with Crippen molar-refractivity contribution < 1.29 is 14.4 Å². The Morgan fingerprint density at radius 1 is 1.11 bits per heavy atom. The van der Waals surface area contributed by atoms with E-state index in [1.54, 1.807) is 11.9 Å². The molecule has 0 aromatic heterocycles. The normalized spacial score (nSPS) is 12.2. The van der Waals surface area contributed by atoms with Crippen molar-refractivity contribution in [1.29, 1.82) is 0 Å². The Kier molecular flexibility index (Phi) is 10.1. The first-order valence-corrected chi connectivity index (χ1v) is 10.6. The average Bonchev–Trinajstić information content (AvgIpc) is 2.62. The van der Waals surface area contributed by atoms with Crippen molar-refractivity contribution in [2.24, 2.45) is 5.41 Å². The van der Waals surface area contributed by atoms with E-state index in [9.17, 15) is 14.4 Å². The number of urea groups is 1. The fourth-order valence-electron chi connectivity index (χ4n) is 2.56. The maximum absolute atomic E-state index is 12.9. The summed E-state index contributed by atoms with van der Waals surface area (Å²) < 4.78 is 0. The molecule has 0 fully saturated rings. The number of likely N-dealkylation sites (N-methyl/N-ethyl adjacent to an activating group) is 1. The van der Waals surface area contributed by atoms with Gasteiger partial charge in [0.2, 0.25) is 5.91 Å². The lowest BCUT2D eigenvalue weighted by molar-refractivity contribution is -0.122. The molecule has 0 radical (unpaired) electrons. The van der Waals surface area contributed by atoms with Crippen LogP contribution in [-0.4, -0.2) is 53.9 Å². The van der Waals surface area contributed by atoms with Gasteiger partial charge in [-0.2, -0.15) is 0 Å². The summed E-state index contributed by atoms with van der Waals surface area (Å²) in [4.78, 5) is 38.1. The topological polar surface area (TPSA) is 78.5 Å². The Hall–Kier alpha value is -2.02. The molecular weight excluding hydrogens is 374 g/mol. The second-order valence-corrected chi connectivity index (χ2v) is 9.22. The van der Waals surface area contributed by atoms with Crippen LogP contribution in [0.2, 0.25) is 0 Å². The number of carbonyl (C=O) groups is 3. The van der Waals surface area contributed by atoms with Crippen molar-refractivity contribution in [3.05, 3.63) is 35.9 Å². The van der Waals surface area contributed by atoms with E-state index in [1.165, 1.54) is 18.7 Å². The highest BCUT2D eigenvalue weighted by molar-refractivity contribution is 8.13. The molecule has 1 rings (SSSR count). The van der Waals surface area contributed by atoms with Crippen molar-refractivity contribution in [2.75, 3.05) is 25.9 Å². The lowest BCUT2D eigenvalue weighted by Gasteiger charge is -2.29. The Bertz CT molecular complexity index is 644. The van der Waals surface area contributed by atoms with E-state index in [-0.39, 0.29) is 22.5 Å². The molecule has 0 saturated heterocycles. The van der Waals surface area contributed by atoms with Crippen LogP contribution in [0.1, 0.15) is 39.7 Å². The Balaban J connectivity index is 2.82. The van der Waals surface area contributed by atoms with Crippen LogP contribution in [0.15, 0.2) is 30.3 Å². The molecule has 0 bridgehead atoms. The highest BCUT2D eigenvalue weighted by Gasteiger charge is 2.24. The highest BCUT2D eigenvalue weighted by atomic mass is 32.2. The SMILES string of the molecule is CNC(=O)[C@H](Cc1ccccc1)NC(=O)N(CCSC(C)=O)CCC(C)(C)C. The molecule has 1 aromatic rings. The van der Waals surface area contributed by atoms with E-state index < -0.39 is 6.04 Å². The van der Waals surface area contributed by atoms with Gasteiger partial charge in [-0.3, -0.25) is 9.59 Å². The first-order chi connectivity index (χ1) is 13.1. The second kappa shape index (κ2) is 11.7. The van der Waals surface area contributed by atoms with E-state index in [0.717, 1.165) is 12.0 Å². The molecular formula is C21H33N3O3S. The molecule has 0 spiro atoms. The monoisotopic (exact) mass is 407 g/mol. The van der Waals surface area contributed by atoms with Crippen LogP contribution in [0, 0.1) is 5.41 Å². The lowest BCUT2D eigenvalue weighted by Crippen LogP contribution is -2.52. The number of amides is 3. The van der Waals surface area contributed by atoms with Gasteiger partial charge >= 0.3 is 6.03 Å². The molecule has 7 heteroatoms. The summed E-state index contributed by atoms with van der Waals surface area (Å²) in [6, 6.07) is 8.67. The molecule has 28 heavy (non-hydrogen) atoms. The number of carbonyl (C=O) groups excluding carboxylic acids is 3. The molecule has 1 aromatic carbocycles. The van der Waals surface area contributed by atoms with Gasteiger partial charge in [0, 0.05) is 39.2 Å². The summed E-state index contributed by atoms with van der Waals surface area (Å²) in [5.41, 5.74) is 1.06. The summed E-state index contributed by atoms with van der Waals surface area (Å²) >= 11 is 1.20. The standard InChI is InChI=1S/C21H33N3O3S/c1-16(25)28-14-13-24(12-11-21(2,3)4)20(27)23-18(19(26)22-5)15-17-9-7-6-8-10-17/h6-10,18H,11-15H2,1-5H3,(H,22,26)(H,23,27)/t18-/m0/s1. The molecule has 0 unspecified atom stereocenters. The van der Waals surface area contributed by atoms with Crippen LogP contribution >= 0.6 is 11.8 Å². The molecule has 6 nitrogen and oxygen atoms in total. The van der Waals surface area contributed by atoms with Crippen LogP contribution in [-0.2, 0) is 16.0 Å². The highest BCUT2D eigenvalue weighted by Crippen LogP contribution is 2.19. The van der Waals surface area contributed by atoms with Crippen LogP contribution in [0.25, 0.3) is 0 Å². The lowest BCUT2D eigenvalue weighted by atomic mass is 9.92. The van der Waals surface area contributed by atoms with Gasteiger partial charge in [0.1, 0.15) is 6.04 Å². The average molecular weight is 408 g/mol. The van der Waals surface area contributed by atoms with Crippen LogP contribution in [0.5, 0.6) is 0 Å². The summed E-state index contributed by atoms with van der Waals surface area (Å²) in [5, 5.41) is 5.53. The van der Waals surface area contributed by atoms with Gasteiger partial charge in [-0.1, -0.05) is 62.9 Å². The van der Waals surface area contributed by atoms with Gasteiger partial charge in [0.05, 0.1) is 0 Å².